The lowest BCUT2D eigenvalue weighted by atomic mass is 10.2. The highest BCUT2D eigenvalue weighted by atomic mass is 32.2. The number of aromatic amines is 1. The SMILES string of the molecule is CC(NS(=O)(=O)c1ccc(F)cc1)c1cn[nH]c1. The fraction of sp³-hybridized carbons (Fsp3) is 0.182. The Bertz CT molecular complexity index is 608. The van der Waals surface area contributed by atoms with E-state index in [0.717, 1.165) is 17.7 Å². The standard InChI is InChI=1S/C11H12FN3O2S/c1-8(9-6-13-14-7-9)15-18(16,17)11-4-2-10(12)3-5-11/h2-8,15H,1H3,(H,13,14). The smallest absolute Gasteiger partial charge is 0.241 e. The molecule has 7 heteroatoms. The van der Waals surface area contributed by atoms with E-state index >= 15 is 0 Å². The molecule has 5 nitrogen and oxygen atoms in total. The first-order chi connectivity index (χ1) is 8.49. The monoisotopic (exact) mass is 269 g/mol. The van der Waals surface area contributed by atoms with Gasteiger partial charge in [0.15, 0.2) is 0 Å². The maximum Gasteiger partial charge on any atom is 0.241 e. The molecule has 0 bridgehead atoms. The van der Waals surface area contributed by atoms with Crippen molar-refractivity contribution in [3.63, 3.8) is 0 Å². The van der Waals surface area contributed by atoms with Gasteiger partial charge in [-0.3, -0.25) is 5.10 Å². The third kappa shape index (κ3) is 2.74. The average molecular weight is 269 g/mol. The quantitative estimate of drug-likeness (QED) is 0.885. The van der Waals surface area contributed by atoms with Crippen molar-refractivity contribution in [2.24, 2.45) is 0 Å². The number of hydrogen-bond donors (Lipinski definition) is 2. The van der Waals surface area contributed by atoms with Crippen LogP contribution < -0.4 is 4.72 Å². The van der Waals surface area contributed by atoms with Gasteiger partial charge in [-0.1, -0.05) is 0 Å². The van der Waals surface area contributed by atoms with Gasteiger partial charge in [-0.25, -0.2) is 17.5 Å². The minimum absolute atomic E-state index is 0.0271. The molecule has 1 heterocycles. The van der Waals surface area contributed by atoms with Crippen molar-refractivity contribution in [3.05, 3.63) is 48.0 Å². The van der Waals surface area contributed by atoms with E-state index in [1.807, 2.05) is 0 Å². The van der Waals surface area contributed by atoms with Crippen LogP contribution in [0.3, 0.4) is 0 Å². The van der Waals surface area contributed by atoms with E-state index in [2.05, 4.69) is 14.9 Å². The predicted octanol–water partition coefficient (Wildman–Crippen LogP) is 1.59. The van der Waals surface area contributed by atoms with Crippen LogP contribution in [0, 0.1) is 5.82 Å². The normalized spacial score (nSPS) is 13.4. The van der Waals surface area contributed by atoms with Crippen LogP contribution in [0.25, 0.3) is 0 Å². The average Bonchev–Trinajstić information content (AvgIpc) is 2.82. The van der Waals surface area contributed by atoms with Gasteiger partial charge in [-0.2, -0.15) is 5.10 Å². The highest BCUT2D eigenvalue weighted by Gasteiger charge is 2.18. The Morgan fingerprint density at radius 1 is 1.33 bits per heavy atom. The largest absolute Gasteiger partial charge is 0.285 e. The van der Waals surface area contributed by atoms with E-state index in [1.165, 1.54) is 18.3 Å². The van der Waals surface area contributed by atoms with Gasteiger partial charge in [0.25, 0.3) is 0 Å². The zero-order valence-electron chi connectivity index (χ0n) is 9.59. The van der Waals surface area contributed by atoms with Gasteiger partial charge < -0.3 is 0 Å². The van der Waals surface area contributed by atoms with E-state index in [1.54, 1.807) is 13.1 Å². The molecule has 0 saturated carbocycles. The van der Waals surface area contributed by atoms with Crippen LogP contribution >= 0.6 is 0 Å². The van der Waals surface area contributed by atoms with E-state index in [-0.39, 0.29) is 4.90 Å². The number of sulfonamides is 1. The molecule has 1 aromatic carbocycles. The van der Waals surface area contributed by atoms with Gasteiger partial charge in [0.1, 0.15) is 5.82 Å². The van der Waals surface area contributed by atoms with Crippen molar-refractivity contribution in [1.82, 2.24) is 14.9 Å². The van der Waals surface area contributed by atoms with Gasteiger partial charge in [0.05, 0.1) is 11.1 Å². The topological polar surface area (TPSA) is 74.8 Å². The minimum atomic E-state index is -3.66. The van der Waals surface area contributed by atoms with Crippen molar-refractivity contribution < 1.29 is 12.8 Å². The Morgan fingerprint density at radius 3 is 2.56 bits per heavy atom. The van der Waals surface area contributed by atoms with Crippen molar-refractivity contribution in [2.75, 3.05) is 0 Å². The van der Waals surface area contributed by atoms with Crippen molar-refractivity contribution in [3.8, 4) is 0 Å². The van der Waals surface area contributed by atoms with Crippen LogP contribution in [-0.4, -0.2) is 18.6 Å². The molecular formula is C11H12FN3O2S. The molecule has 0 saturated heterocycles. The first-order valence-corrected chi connectivity index (χ1v) is 6.74. The molecule has 1 aromatic heterocycles. The van der Waals surface area contributed by atoms with E-state index in [0.29, 0.717) is 0 Å². The van der Waals surface area contributed by atoms with E-state index in [4.69, 9.17) is 0 Å². The summed E-state index contributed by atoms with van der Waals surface area (Å²) in [6, 6.07) is 4.24. The predicted molar refractivity (Wildman–Crippen MR) is 63.7 cm³/mol. The van der Waals surface area contributed by atoms with Crippen molar-refractivity contribution in [1.29, 1.82) is 0 Å². The number of rotatable bonds is 4. The van der Waals surface area contributed by atoms with Gasteiger partial charge in [0.2, 0.25) is 10.0 Å². The maximum atomic E-state index is 12.7. The molecular weight excluding hydrogens is 257 g/mol. The molecule has 1 unspecified atom stereocenters. The Hall–Kier alpha value is -1.73. The Morgan fingerprint density at radius 2 is 2.00 bits per heavy atom. The second-order valence-electron chi connectivity index (χ2n) is 3.83. The highest BCUT2D eigenvalue weighted by molar-refractivity contribution is 7.89. The molecule has 0 aliphatic carbocycles. The first-order valence-electron chi connectivity index (χ1n) is 5.25. The van der Waals surface area contributed by atoms with Crippen LogP contribution in [0.2, 0.25) is 0 Å². The zero-order valence-corrected chi connectivity index (χ0v) is 10.4. The molecule has 2 aromatic rings. The first kappa shape index (κ1) is 12.7. The molecule has 2 N–H and O–H groups in total. The summed E-state index contributed by atoms with van der Waals surface area (Å²) in [7, 11) is -3.66. The number of H-pyrrole nitrogens is 1. The number of halogens is 1. The summed E-state index contributed by atoms with van der Waals surface area (Å²) in [5.74, 6) is -0.475. The number of nitrogens with zero attached hydrogens (tertiary/aromatic N) is 1. The van der Waals surface area contributed by atoms with Crippen LogP contribution in [0.15, 0.2) is 41.6 Å². The lowest BCUT2D eigenvalue weighted by Crippen LogP contribution is -2.26. The Labute approximate surface area is 104 Å². The van der Waals surface area contributed by atoms with Crippen LogP contribution in [-0.2, 0) is 10.0 Å². The summed E-state index contributed by atoms with van der Waals surface area (Å²) in [5.41, 5.74) is 0.723. The molecule has 0 aliphatic rings. The van der Waals surface area contributed by atoms with Crippen LogP contribution in [0.5, 0.6) is 0 Å². The van der Waals surface area contributed by atoms with E-state index < -0.39 is 21.9 Å². The maximum absolute atomic E-state index is 12.7. The number of hydrogen-bond acceptors (Lipinski definition) is 3. The van der Waals surface area contributed by atoms with Crippen molar-refractivity contribution >= 4 is 10.0 Å². The molecule has 1 atom stereocenters. The second kappa shape index (κ2) is 4.87. The van der Waals surface area contributed by atoms with Gasteiger partial charge >= 0.3 is 0 Å². The fourth-order valence-corrected chi connectivity index (χ4v) is 2.71. The molecule has 0 spiro atoms. The summed E-state index contributed by atoms with van der Waals surface area (Å²) >= 11 is 0. The summed E-state index contributed by atoms with van der Waals surface area (Å²) in [6.45, 7) is 1.70. The van der Waals surface area contributed by atoms with Crippen LogP contribution in [0.1, 0.15) is 18.5 Å². The van der Waals surface area contributed by atoms with Gasteiger partial charge in [0, 0.05) is 17.8 Å². The summed E-state index contributed by atoms with van der Waals surface area (Å²) < 4.78 is 39.2. The van der Waals surface area contributed by atoms with Crippen LogP contribution in [0.4, 0.5) is 4.39 Å². The zero-order chi connectivity index (χ0) is 13.2. The second-order valence-corrected chi connectivity index (χ2v) is 5.54. The number of benzene rings is 1. The third-order valence-corrected chi connectivity index (χ3v) is 4.03. The number of aromatic nitrogens is 2. The van der Waals surface area contributed by atoms with E-state index in [9.17, 15) is 12.8 Å². The lowest BCUT2D eigenvalue weighted by Gasteiger charge is -2.12. The third-order valence-electron chi connectivity index (χ3n) is 2.48. The molecule has 0 fully saturated rings. The van der Waals surface area contributed by atoms with Crippen molar-refractivity contribution in [2.45, 2.75) is 17.9 Å². The molecule has 96 valence electrons. The molecule has 0 radical (unpaired) electrons. The van der Waals surface area contributed by atoms with Gasteiger partial charge in [-0.15, -0.1) is 0 Å². The fourth-order valence-electron chi connectivity index (χ4n) is 1.48. The number of nitrogens with one attached hydrogen (secondary N) is 2. The molecule has 18 heavy (non-hydrogen) atoms. The summed E-state index contributed by atoms with van der Waals surface area (Å²) in [4.78, 5) is 0.0271. The Balaban J connectivity index is 2.20. The highest BCUT2D eigenvalue weighted by Crippen LogP contribution is 2.15. The molecule has 0 aliphatic heterocycles. The summed E-state index contributed by atoms with van der Waals surface area (Å²) in [5, 5.41) is 6.36. The molecule has 0 amide bonds. The summed E-state index contributed by atoms with van der Waals surface area (Å²) in [6.07, 6.45) is 3.15. The minimum Gasteiger partial charge on any atom is -0.285 e. The Kier molecular flexibility index (Phi) is 3.44. The molecule has 2 rings (SSSR count). The van der Waals surface area contributed by atoms with Gasteiger partial charge in [-0.05, 0) is 31.2 Å². The lowest BCUT2D eigenvalue weighted by molar-refractivity contribution is 0.566.